The smallest absolute Gasteiger partial charge is 0.149 e. The summed E-state index contributed by atoms with van der Waals surface area (Å²) in [4.78, 5) is 8.28. The Morgan fingerprint density at radius 1 is 1.33 bits per heavy atom. The number of pyridine rings is 1. The summed E-state index contributed by atoms with van der Waals surface area (Å²) in [6.45, 7) is 0.505. The maximum absolute atomic E-state index is 9.19. The largest absolute Gasteiger partial charge is 0.449 e. The van der Waals surface area contributed by atoms with Crippen LogP contribution in [0.15, 0.2) is 36.8 Å². The fraction of sp³-hybridized carbons (Fsp3) is 0.0833. The molecule has 0 unspecified atom stereocenters. The molecule has 0 saturated carbocycles. The van der Waals surface area contributed by atoms with E-state index in [4.69, 9.17) is 0 Å². The standard InChI is InChI=1S/C12H8N5.W/c13-7-11-10(8-16-6-4-14-9-16)15-12-3-1-2-5-17(11)12;/h1-6H,8H2;/q-1;. The van der Waals surface area contributed by atoms with E-state index in [2.05, 4.69) is 22.4 Å². The first-order valence-electron chi connectivity index (χ1n) is 5.13. The molecule has 0 spiro atoms. The number of nitriles is 1. The van der Waals surface area contributed by atoms with Gasteiger partial charge in [-0.25, -0.2) is 4.98 Å². The van der Waals surface area contributed by atoms with Crippen molar-refractivity contribution in [2.24, 2.45) is 0 Å². The molecule has 0 aliphatic heterocycles. The summed E-state index contributed by atoms with van der Waals surface area (Å²) in [6.07, 6.45) is 8.08. The van der Waals surface area contributed by atoms with Crippen molar-refractivity contribution in [1.82, 2.24) is 18.9 Å². The van der Waals surface area contributed by atoms with Crippen LogP contribution in [-0.2, 0) is 27.6 Å². The van der Waals surface area contributed by atoms with E-state index in [9.17, 15) is 5.26 Å². The van der Waals surface area contributed by atoms with Gasteiger partial charge >= 0.3 is 0 Å². The van der Waals surface area contributed by atoms with E-state index in [0.29, 0.717) is 12.2 Å². The predicted octanol–water partition coefficient (Wildman–Crippen LogP) is 1.25. The van der Waals surface area contributed by atoms with Crippen LogP contribution in [0.3, 0.4) is 0 Å². The Morgan fingerprint density at radius 3 is 2.94 bits per heavy atom. The van der Waals surface area contributed by atoms with Crippen LogP contribution < -0.4 is 0 Å². The molecule has 0 aliphatic rings. The summed E-state index contributed by atoms with van der Waals surface area (Å²) in [5.74, 6) is 0. The Morgan fingerprint density at radius 2 is 2.22 bits per heavy atom. The molecule has 3 aromatic rings. The van der Waals surface area contributed by atoms with Gasteiger partial charge in [0, 0.05) is 40.1 Å². The van der Waals surface area contributed by atoms with Crippen molar-refractivity contribution >= 4 is 5.65 Å². The first-order valence-corrected chi connectivity index (χ1v) is 5.13. The van der Waals surface area contributed by atoms with E-state index in [-0.39, 0.29) is 21.1 Å². The van der Waals surface area contributed by atoms with Crippen LogP contribution in [0.4, 0.5) is 0 Å². The SMILES string of the molecule is N#Cc1c(Cn2[c-]ncc2)nc2ccccn12.[W]. The molecule has 0 aromatic carbocycles. The Hall–Kier alpha value is -1.92. The number of aromatic nitrogens is 4. The van der Waals surface area contributed by atoms with Gasteiger partial charge in [-0.3, -0.25) is 4.40 Å². The van der Waals surface area contributed by atoms with Crippen LogP contribution in [0.2, 0.25) is 0 Å². The monoisotopic (exact) mass is 406 g/mol. The molecule has 0 atom stereocenters. The molecule has 3 heterocycles. The minimum absolute atomic E-state index is 0. The van der Waals surface area contributed by atoms with Crippen LogP contribution >= 0.6 is 0 Å². The minimum atomic E-state index is 0. The van der Waals surface area contributed by atoms with Gasteiger partial charge in [0.05, 0.1) is 5.69 Å². The number of rotatable bonds is 2. The number of hydrogen-bond donors (Lipinski definition) is 0. The molecule has 0 aliphatic carbocycles. The fourth-order valence-corrected chi connectivity index (χ4v) is 1.78. The van der Waals surface area contributed by atoms with Crippen LogP contribution in [0, 0.1) is 17.7 Å². The van der Waals surface area contributed by atoms with E-state index in [1.54, 1.807) is 21.4 Å². The Balaban J connectivity index is 0.00000120. The van der Waals surface area contributed by atoms with Crippen molar-refractivity contribution in [2.75, 3.05) is 0 Å². The Bertz CT molecular complexity index is 693. The summed E-state index contributed by atoms with van der Waals surface area (Å²) in [5, 5.41) is 9.19. The summed E-state index contributed by atoms with van der Waals surface area (Å²) in [7, 11) is 0. The van der Waals surface area contributed by atoms with Crippen LogP contribution in [0.1, 0.15) is 11.4 Å². The molecule has 3 rings (SSSR count). The predicted molar refractivity (Wildman–Crippen MR) is 60.1 cm³/mol. The minimum Gasteiger partial charge on any atom is -0.449 e. The van der Waals surface area contributed by atoms with E-state index in [0.717, 1.165) is 11.3 Å². The van der Waals surface area contributed by atoms with Gasteiger partial charge in [0.15, 0.2) is 0 Å². The summed E-state index contributed by atoms with van der Waals surface area (Å²) < 4.78 is 3.55. The molecule has 88 valence electrons. The molecule has 3 aromatic heterocycles. The third-order valence-electron chi connectivity index (χ3n) is 2.54. The third kappa shape index (κ3) is 2.07. The number of imidazole rings is 2. The first kappa shape index (κ1) is 12.5. The molecule has 0 fully saturated rings. The molecule has 0 bridgehead atoms. The quantitative estimate of drug-likeness (QED) is 0.603. The fourth-order valence-electron chi connectivity index (χ4n) is 1.78. The molecule has 0 radical (unpaired) electrons. The normalized spacial score (nSPS) is 9.94. The zero-order valence-corrected chi connectivity index (χ0v) is 12.2. The molecule has 0 amide bonds. The van der Waals surface area contributed by atoms with Crippen LogP contribution in [0.5, 0.6) is 0 Å². The van der Waals surface area contributed by atoms with Crippen molar-refractivity contribution in [3.05, 3.63) is 54.5 Å². The van der Waals surface area contributed by atoms with Gasteiger partial charge in [-0.15, -0.1) is 12.4 Å². The van der Waals surface area contributed by atoms with Crippen molar-refractivity contribution in [3.8, 4) is 6.07 Å². The van der Waals surface area contributed by atoms with Gasteiger partial charge in [0.2, 0.25) is 0 Å². The van der Waals surface area contributed by atoms with Gasteiger partial charge < -0.3 is 9.55 Å². The molecule has 6 heteroatoms. The first-order chi connectivity index (χ1) is 8.38. The second kappa shape index (κ2) is 5.15. The topological polar surface area (TPSA) is 58.9 Å². The van der Waals surface area contributed by atoms with E-state index in [1.165, 1.54) is 0 Å². The third-order valence-corrected chi connectivity index (χ3v) is 2.54. The average molecular weight is 406 g/mol. The summed E-state index contributed by atoms with van der Waals surface area (Å²) in [5.41, 5.74) is 2.06. The molecule has 0 N–H and O–H groups in total. The van der Waals surface area contributed by atoms with Crippen molar-refractivity contribution in [3.63, 3.8) is 0 Å². The van der Waals surface area contributed by atoms with Gasteiger partial charge in [0.1, 0.15) is 17.4 Å². The van der Waals surface area contributed by atoms with Crippen molar-refractivity contribution < 1.29 is 21.1 Å². The van der Waals surface area contributed by atoms with E-state index >= 15 is 0 Å². The van der Waals surface area contributed by atoms with Crippen LogP contribution in [0.25, 0.3) is 5.65 Å². The second-order valence-electron chi connectivity index (χ2n) is 3.60. The molecular weight excluding hydrogens is 398 g/mol. The number of fused-ring (bicyclic) bond motifs is 1. The maximum atomic E-state index is 9.19. The van der Waals surface area contributed by atoms with Crippen molar-refractivity contribution in [2.45, 2.75) is 6.54 Å². The van der Waals surface area contributed by atoms with Gasteiger partial charge in [-0.2, -0.15) is 5.26 Å². The average Bonchev–Trinajstić information content (AvgIpc) is 2.96. The zero-order chi connectivity index (χ0) is 11.7. The van der Waals surface area contributed by atoms with Crippen LogP contribution in [-0.4, -0.2) is 18.9 Å². The number of nitrogens with zero attached hydrogens (tertiary/aromatic N) is 5. The van der Waals surface area contributed by atoms with Gasteiger partial charge in [-0.05, 0) is 12.1 Å². The Kier molecular flexibility index (Phi) is 3.59. The molecule has 18 heavy (non-hydrogen) atoms. The number of hydrogen-bond acceptors (Lipinski definition) is 3. The maximum Gasteiger partial charge on any atom is 0.149 e. The summed E-state index contributed by atoms with van der Waals surface area (Å²) >= 11 is 0. The molecule has 0 saturated heterocycles. The summed E-state index contributed by atoms with van der Waals surface area (Å²) in [6, 6.07) is 7.84. The molecular formula is C12H8N5W-. The molecule has 5 nitrogen and oxygen atoms in total. The van der Waals surface area contributed by atoms with Gasteiger partial charge in [-0.1, -0.05) is 6.07 Å². The second-order valence-corrected chi connectivity index (χ2v) is 3.60. The van der Waals surface area contributed by atoms with E-state index < -0.39 is 0 Å². The van der Waals surface area contributed by atoms with Gasteiger partial charge in [0.25, 0.3) is 0 Å². The van der Waals surface area contributed by atoms with Crippen molar-refractivity contribution in [1.29, 1.82) is 5.26 Å². The Labute approximate surface area is 118 Å². The van der Waals surface area contributed by atoms with E-state index in [1.807, 2.05) is 24.4 Å². The zero-order valence-electron chi connectivity index (χ0n) is 9.32.